The SMILES string of the molecule is O=c1[nH]c(-c2ncccn2)nc2c1CCC2. The number of nitrogens with one attached hydrogen (secondary N) is 1. The lowest BCUT2D eigenvalue weighted by Crippen LogP contribution is -2.15. The second-order valence-corrected chi connectivity index (χ2v) is 3.77. The first-order valence-electron chi connectivity index (χ1n) is 5.24. The Kier molecular flexibility index (Phi) is 2.02. The molecule has 1 aliphatic rings. The number of hydrogen-bond donors (Lipinski definition) is 1. The largest absolute Gasteiger partial charge is 0.304 e. The van der Waals surface area contributed by atoms with Crippen LogP contribution < -0.4 is 5.56 Å². The fraction of sp³-hybridized carbons (Fsp3) is 0.273. The number of rotatable bonds is 1. The zero-order valence-corrected chi connectivity index (χ0v) is 8.60. The highest BCUT2D eigenvalue weighted by atomic mass is 16.1. The smallest absolute Gasteiger partial charge is 0.254 e. The van der Waals surface area contributed by atoms with Gasteiger partial charge in [-0.3, -0.25) is 4.79 Å². The summed E-state index contributed by atoms with van der Waals surface area (Å²) in [5, 5.41) is 0. The van der Waals surface area contributed by atoms with Crippen molar-refractivity contribution >= 4 is 0 Å². The summed E-state index contributed by atoms with van der Waals surface area (Å²) < 4.78 is 0. The summed E-state index contributed by atoms with van der Waals surface area (Å²) in [7, 11) is 0. The molecule has 0 bridgehead atoms. The number of aryl methyl sites for hydroxylation is 1. The first-order chi connectivity index (χ1) is 7.84. The van der Waals surface area contributed by atoms with Gasteiger partial charge in [-0.1, -0.05) is 0 Å². The molecule has 0 aliphatic heterocycles. The summed E-state index contributed by atoms with van der Waals surface area (Å²) in [5.74, 6) is 0.931. The number of fused-ring (bicyclic) bond motifs is 1. The van der Waals surface area contributed by atoms with E-state index in [0.717, 1.165) is 30.5 Å². The van der Waals surface area contributed by atoms with E-state index in [0.29, 0.717) is 11.6 Å². The Labute approximate surface area is 91.6 Å². The zero-order valence-electron chi connectivity index (χ0n) is 8.60. The van der Waals surface area contributed by atoms with Crippen LogP contribution in [0.15, 0.2) is 23.3 Å². The maximum Gasteiger partial charge on any atom is 0.254 e. The quantitative estimate of drug-likeness (QED) is 0.759. The molecule has 1 N–H and O–H groups in total. The third kappa shape index (κ3) is 1.41. The Bertz CT molecular complexity index is 576. The molecule has 0 unspecified atom stereocenters. The molecule has 2 heterocycles. The molecule has 2 aromatic heterocycles. The summed E-state index contributed by atoms with van der Waals surface area (Å²) >= 11 is 0. The molecule has 16 heavy (non-hydrogen) atoms. The second kappa shape index (κ2) is 3.52. The topological polar surface area (TPSA) is 71.5 Å². The van der Waals surface area contributed by atoms with Crippen molar-refractivity contribution in [2.45, 2.75) is 19.3 Å². The first kappa shape index (κ1) is 9.21. The van der Waals surface area contributed by atoms with E-state index in [-0.39, 0.29) is 5.56 Å². The predicted molar refractivity (Wildman–Crippen MR) is 57.9 cm³/mol. The highest BCUT2D eigenvalue weighted by molar-refractivity contribution is 5.43. The second-order valence-electron chi connectivity index (χ2n) is 3.77. The van der Waals surface area contributed by atoms with E-state index in [2.05, 4.69) is 19.9 Å². The molecule has 0 amide bonds. The van der Waals surface area contributed by atoms with Crippen molar-refractivity contribution in [2.75, 3.05) is 0 Å². The molecule has 5 nitrogen and oxygen atoms in total. The van der Waals surface area contributed by atoms with Gasteiger partial charge in [0.05, 0.1) is 5.69 Å². The van der Waals surface area contributed by atoms with Crippen LogP contribution in [0.4, 0.5) is 0 Å². The molecule has 0 spiro atoms. The van der Waals surface area contributed by atoms with Crippen molar-refractivity contribution in [3.63, 3.8) is 0 Å². The summed E-state index contributed by atoms with van der Waals surface area (Å²) in [6, 6.07) is 1.73. The van der Waals surface area contributed by atoms with E-state index in [1.54, 1.807) is 18.5 Å². The van der Waals surface area contributed by atoms with Crippen LogP contribution in [0, 0.1) is 0 Å². The normalized spacial score (nSPS) is 13.8. The molecular formula is C11H10N4O. The van der Waals surface area contributed by atoms with E-state index in [1.807, 2.05) is 0 Å². The molecule has 0 radical (unpaired) electrons. The first-order valence-corrected chi connectivity index (χ1v) is 5.24. The molecule has 80 valence electrons. The third-order valence-corrected chi connectivity index (χ3v) is 2.72. The molecular weight excluding hydrogens is 204 g/mol. The van der Waals surface area contributed by atoms with Crippen LogP contribution in [-0.2, 0) is 12.8 Å². The van der Waals surface area contributed by atoms with Gasteiger partial charge < -0.3 is 4.98 Å². The van der Waals surface area contributed by atoms with Crippen molar-refractivity contribution < 1.29 is 0 Å². The van der Waals surface area contributed by atoms with Crippen molar-refractivity contribution in [3.8, 4) is 11.6 Å². The average Bonchev–Trinajstić information content (AvgIpc) is 2.79. The van der Waals surface area contributed by atoms with E-state index in [9.17, 15) is 4.79 Å². The molecule has 0 saturated heterocycles. The maximum absolute atomic E-state index is 11.8. The van der Waals surface area contributed by atoms with Crippen LogP contribution in [0.1, 0.15) is 17.7 Å². The van der Waals surface area contributed by atoms with Gasteiger partial charge >= 0.3 is 0 Å². The molecule has 0 saturated carbocycles. The van der Waals surface area contributed by atoms with Gasteiger partial charge in [0.1, 0.15) is 0 Å². The summed E-state index contributed by atoms with van der Waals surface area (Å²) in [4.78, 5) is 27.0. The lowest BCUT2D eigenvalue weighted by Gasteiger charge is -2.01. The zero-order chi connectivity index (χ0) is 11.0. The molecule has 0 fully saturated rings. The summed E-state index contributed by atoms with van der Waals surface area (Å²) in [5.41, 5.74) is 1.66. The standard InChI is InChI=1S/C11H10N4O/c16-11-7-3-1-4-8(7)14-10(15-11)9-12-5-2-6-13-9/h2,5-6H,1,3-4H2,(H,14,15,16). The highest BCUT2D eigenvalue weighted by Crippen LogP contribution is 2.17. The van der Waals surface area contributed by atoms with Gasteiger partial charge in [-0.05, 0) is 25.3 Å². The lowest BCUT2D eigenvalue weighted by molar-refractivity contribution is 0.898. The number of nitrogens with zero attached hydrogens (tertiary/aromatic N) is 3. The number of aromatic amines is 1. The molecule has 2 aromatic rings. The van der Waals surface area contributed by atoms with Gasteiger partial charge in [-0.2, -0.15) is 0 Å². The third-order valence-electron chi connectivity index (χ3n) is 2.72. The molecule has 0 atom stereocenters. The Balaban J connectivity index is 2.17. The van der Waals surface area contributed by atoms with Crippen molar-refractivity contribution in [1.29, 1.82) is 0 Å². The molecule has 5 heteroatoms. The number of H-pyrrole nitrogens is 1. The Morgan fingerprint density at radius 1 is 1.19 bits per heavy atom. The fourth-order valence-corrected chi connectivity index (χ4v) is 1.97. The molecule has 3 rings (SSSR count). The van der Waals surface area contributed by atoms with Crippen LogP contribution >= 0.6 is 0 Å². The van der Waals surface area contributed by atoms with Crippen molar-refractivity contribution in [1.82, 2.24) is 19.9 Å². The van der Waals surface area contributed by atoms with Crippen LogP contribution in [-0.4, -0.2) is 19.9 Å². The minimum atomic E-state index is -0.0510. The number of aromatic nitrogens is 4. The lowest BCUT2D eigenvalue weighted by atomic mass is 10.2. The van der Waals surface area contributed by atoms with Crippen LogP contribution in [0.3, 0.4) is 0 Å². The Morgan fingerprint density at radius 2 is 2.00 bits per heavy atom. The van der Waals surface area contributed by atoms with Crippen molar-refractivity contribution in [2.24, 2.45) is 0 Å². The minimum Gasteiger partial charge on any atom is -0.304 e. The van der Waals surface area contributed by atoms with Gasteiger partial charge in [0, 0.05) is 18.0 Å². The maximum atomic E-state index is 11.8. The number of hydrogen-bond acceptors (Lipinski definition) is 4. The molecule has 1 aliphatic carbocycles. The molecule has 0 aromatic carbocycles. The van der Waals surface area contributed by atoms with E-state index in [1.165, 1.54) is 0 Å². The van der Waals surface area contributed by atoms with E-state index < -0.39 is 0 Å². The Hall–Kier alpha value is -2.04. The van der Waals surface area contributed by atoms with Gasteiger partial charge in [0.2, 0.25) is 0 Å². The summed E-state index contributed by atoms with van der Waals surface area (Å²) in [6.45, 7) is 0. The van der Waals surface area contributed by atoms with E-state index in [4.69, 9.17) is 0 Å². The van der Waals surface area contributed by atoms with Crippen LogP contribution in [0.5, 0.6) is 0 Å². The monoisotopic (exact) mass is 214 g/mol. The average molecular weight is 214 g/mol. The van der Waals surface area contributed by atoms with Gasteiger partial charge in [0.25, 0.3) is 5.56 Å². The minimum absolute atomic E-state index is 0.0510. The Morgan fingerprint density at radius 3 is 2.81 bits per heavy atom. The fourth-order valence-electron chi connectivity index (χ4n) is 1.97. The van der Waals surface area contributed by atoms with E-state index >= 15 is 0 Å². The van der Waals surface area contributed by atoms with Crippen molar-refractivity contribution in [3.05, 3.63) is 40.1 Å². The van der Waals surface area contributed by atoms with Gasteiger partial charge in [0.15, 0.2) is 11.6 Å². The van der Waals surface area contributed by atoms with Gasteiger partial charge in [-0.15, -0.1) is 0 Å². The predicted octanol–water partition coefficient (Wildman–Crippen LogP) is 0.716. The van der Waals surface area contributed by atoms with Crippen LogP contribution in [0.25, 0.3) is 11.6 Å². The highest BCUT2D eigenvalue weighted by Gasteiger charge is 2.18. The van der Waals surface area contributed by atoms with Crippen LogP contribution in [0.2, 0.25) is 0 Å². The summed E-state index contributed by atoms with van der Waals surface area (Å²) in [6.07, 6.45) is 5.97. The van der Waals surface area contributed by atoms with Gasteiger partial charge in [-0.25, -0.2) is 15.0 Å².